The Morgan fingerprint density at radius 3 is 2.67 bits per heavy atom. The third kappa shape index (κ3) is 4.18. The molecule has 168 valence electrons. The fourth-order valence-electron chi connectivity index (χ4n) is 3.86. The molecule has 0 spiro atoms. The third-order valence-electron chi connectivity index (χ3n) is 5.42. The lowest BCUT2D eigenvalue weighted by atomic mass is 10.1. The normalized spacial score (nSPS) is 17.3. The Hall–Kier alpha value is -4.11. The Morgan fingerprint density at radius 1 is 1.00 bits per heavy atom. The largest absolute Gasteiger partial charge is 0.486 e. The number of rotatable bonds is 6. The number of hydrazine groups is 1. The van der Waals surface area contributed by atoms with Crippen LogP contribution in [0.15, 0.2) is 60.7 Å². The maximum atomic E-state index is 12.8. The average molecular weight is 447 g/mol. The number of fused-ring (bicyclic) bond motifs is 2. The van der Waals surface area contributed by atoms with Crippen LogP contribution in [0.1, 0.15) is 6.42 Å². The molecule has 0 unspecified atom stereocenters. The van der Waals surface area contributed by atoms with Gasteiger partial charge in [-0.05, 0) is 23.6 Å². The molecular formula is C24H21N3O6. The lowest BCUT2D eigenvalue weighted by molar-refractivity contribution is -0.125. The van der Waals surface area contributed by atoms with E-state index in [0.717, 1.165) is 15.7 Å². The number of anilines is 1. The summed E-state index contributed by atoms with van der Waals surface area (Å²) in [5.41, 5.74) is 5.50. The van der Waals surface area contributed by atoms with E-state index in [4.69, 9.17) is 14.2 Å². The second-order valence-corrected chi connectivity index (χ2v) is 7.61. The van der Waals surface area contributed by atoms with Gasteiger partial charge < -0.3 is 14.2 Å². The number of nitrogens with one attached hydrogen (secondary N) is 2. The second-order valence-electron chi connectivity index (χ2n) is 7.61. The van der Waals surface area contributed by atoms with Gasteiger partial charge in [0.05, 0.1) is 12.1 Å². The van der Waals surface area contributed by atoms with Crippen molar-refractivity contribution in [2.24, 2.45) is 0 Å². The van der Waals surface area contributed by atoms with Crippen LogP contribution in [-0.4, -0.2) is 43.6 Å². The van der Waals surface area contributed by atoms with Gasteiger partial charge >= 0.3 is 0 Å². The van der Waals surface area contributed by atoms with Crippen molar-refractivity contribution in [1.82, 2.24) is 10.9 Å². The summed E-state index contributed by atoms with van der Waals surface area (Å²) < 4.78 is 16.7. The lowest BCUT2D eigenvalue weighted by Gasteiger charge is -2.21. The van der Waals surface area contributed by atoms with E-state index >= 15 is 0 Å². The van der Waals surface area contributed by atoms with Crippen LogP contribution < -0.4 is 30.0 Å². The molecule has 1 saturated heterocycles. The number of hydrogen-bond donors (Lipinski definition) is 2. The fraction of sp³-hybridized carbons (Fsp3) is 0.208. The number of amides is 3. The molecule has 2 heterocycles. The SMILES string of the molecule is O=C(COc1cccc2ccccc12)NN[C@@H]1CC(=O)N(c2ccc3c(c2)OCCO3)C1=O. The van der Waals surface area contributed by atoms with E-state index in [0.29, 0.717) is 36.1 Å². The lowest BCUT2D eigenvalue weighted by Crippen LogP contribution is -2.49. The van der Waals surface area contributed by atoms with Gasteiger partial charge in [0.2, 0.25) is 5.91 Å². The van der Waals surface area contributed by atoms with E-state index in [1.165, 1.54) is 0 Å². The topological polar surface area (TPSA) is 106 Å². The second kappa shape index (κ2) is 8.79. The van der Waals surface area contributed by atoms with Crippen molar-refractivity contribution in [2.75, 3.05) is 24.7 Å². The van der Waals surface area contributed by atoms with Crippen molar-refractivity contribution in [3.63, 3.8) is 0 Å². The quantitative estimate of drug-likeness (QED) is 0.439. The highest BCUT2D eigenvalue weighted by molar-refractivity contribution is 6.22. The van der Waals surface area contributed by atoms with Gasteiger partial charge in [-0.1, -0.05) is 36.4 Å². The van der Waals surface area contributed by atoms with Gasteiger partial charge in [-0.2, -0.15) is 0 Å². The van der Waals surface area contributed by atoms with Gasteiger partial charge in [-0.3, -0.25) is 19.8 Å². The number of imide groups is 1. The number of benzene rings is 3. The minimum atomic E-state index is -0.882. The summed E-state index contributed by atoms with van der Waals surface area (Å²) in [7, 11) is 0. The first kappa shape index (κ1) is 20.8. The first-order valence-electron chi connectivity index (χ1n) is 10.5. The number of carbonyl (C=O) groups is 3. The Bertz CT molecular complexity index is 1240. The number of carbonyl (C=O) groups excluding carboxylic acids is 3. The summed E-state index contributed by atoms with van der Waals surface area (Å²) in [6, 6.07) is 17.3. The average Bonchev–Trinajstić information content (AvgIpc) is 3.13. The van der Waals surface area contributed by atoms with Crippen molar-refractivity contribution >= 4 is 34.2 Å². The highest BCUT2D eigenvalue weighted by Crippen LogP contribution is 2.35. The van der Waals surface area contributed by atoms with Crippen molar-refractivity contribution in [3.8, 4) is 17.2 Å². The third-order valence-corrected chi connectivity index (χ3v) is 5.42. The molecule has 0 aliphatic carbocycles. The molecule has 0 radical (unpaired) electrons. The summed E-state index contributed by atoms with van der Waals surface area (Å²) in [4.78, 5) is 38.7. The minimum absolute atomic E-state index is 0.0856. The molecule has 5 rings (SSSR count). The Balaban J connectivity index is 1.18. The summed E-state index contributed by atoms with van der Waals surface area (Å²) >= 11 is 0. The molecule has 2 aliphatic heterocycles. The highest BCUT2D eigenvalue weighted by Gasteiger charge is 2.40. The molecule has 9 nitrogen and oxygen atoms in total. The van der Waals surface area contributed by atoms with Crippen LogP contribution in [-0.2, 0) is 14.4 Å². The smallest absolute Gasteiger partial charge is 0.272 e. The van der Waals surface area contributed by atoms with Crippen LogP contribution in [0, 0.1) is 0 Å². The zero-order valence-corrected chi connectivity index (χ0v) is 17.6. The number of hydrogen-bond acceptors (Lipinski definition) is 7. The van der Waals surface area contributed by atoms with E-state index in [-0.39, 0.29) is 18.9 Å². The molecular weight excluding hydrogens is 426 g/mol. The van der Waals surface area contributed by atoms with Crippen LogP contribution in [0.3, 0.4) is 0 Å². The summed E-state index contributed by atoms with van der Waals surface area (Å²) in [5.74, 6) is 0.315. The maximum Gasteiger partial charge on any atom is 0.272 e. The molecule has 0 bridgehead atoms. The molecule has 1 fully saturated rings. The van der Waals surface area contributed by atoms with E-state index < -0.39 is 17.9 Å². The molecule has 0 aromatic heterocycles. The van der Waals surface area contributed by atoms with E-state index in [9.17, 15) is 14.4 Å². The minimum Gasteiger partial charge on any atom is -0.486 e. The highest BCUT2D eigenvalue weighted by atomic mass is 16.6. The molecule has 0 saturated carbocycles. The Morgan fingerprint density at radius 2 is 1.79 bits per heavy atom. The van der Waals surface area contributed by atoms with Gasteiger partial charge in [0.25, 0.3) is 11.8 Å². The Labute approximate surface area is 189 Å². The molecule has 2 N–H and O–H groups in total. The number of ether oxygens (including phenoxy) is 3. The van der Waals surface area contributed by atoms with Crippen molar-refractivity contribution in [3.05, 3.63) is 60.7 Å². The van der Waals surface area contributed by atoms with E-state index in [1.54, 1.807) is 24.3 Å². The van der Waals surface area contributed by atoms with Crippen molar-refractivity contribution < 1.29 is 28.6 Å². The first-order valence-corrected chi connectivity index (χ1v) is 10.5. The predicted molar refractivity (Wildman–Crippen MR) is 119 cm³/mol. The molecule has 33 heavy (non-hydrogen) atoms. The van der Waals surface area contributed by atoms with Crippen LogP contribution in [0.5, 0.6) is 17.2 Å². The van der Waals surface area contributed by atoms with Gasteiger partial charge in [0.1, 0.15) is 25.0 Å². The Kier molecular flexibility index (Phi) is 5.54. The molecule has 2 aliphatic rings. The maximum absolute atomic E-state index is 12.8. The van der Waals surface area contributed by atoms with Crippen LogP contribution in [0.25, 0.3) is 10.8 Å². The van der Waals surface area contributed by atoms with E-state index in [1.807, 2.05) is 36.4 Å². The van der Waals surface area contributed by atoms with Gasteiger partial charge in [0, 0.05) is 11.5 Å². The molecule has 3 aromatic carbocycles. The molecule has 1 atom stereocenters. The summed E-state index contributed by atoms with van der Waals surface area (Å²) in [5, 5.41) is 1.90. The molecule has 9 heteroatoms. The first-order chi connectivity index (χ1) is 16.1. The van der Waals surface area contributed by atoms with Crippen LogP contribution in [0.4, 0.5) is 5.69 Å². The monoisotopic (exact) mass is 447 g/mol. The van der Waals surface area contributed by atoms with E-state index in [2.05, 4.69) is 10.9 Å². The zero-order chi connectivity index (χ0) is 22.8. The predicted octanol–water partition coefficient (Wildman–Crippen LogP) is 1.94. The zero-order valence-electron chi connectivity index (χ0n) is 17.6. The standard InChI is InChI=1S/C24H21N3O6/c28-22(14-33-19-7-3-5-15-4-1-2-6-17(15)19)26-25-18-13-23(29)27(24(18)30)16-8-9-20-21(12-16)32-11-10-31-20/h1-9,12,18,25H,10-11,13-14H2,(H,26,28)/t18-/m1/s1. The summed E-state index contributed by atoms with van der Waals surface area (Å²) in [6.45, 7) is 0.598. The summed E-state index contributed by atoms with van der Waals surface area (Å²) in [6.07, 6.45) is -0.0856. The molecule has 3 aromatic rings. The van der Waals surface area contributed by atoms with Crippen LogP contribution >= 0.6 is 0 Å². The van der Waals surface area contributed by atoms with Gasteiger partial charge in [0.15, 0.2) is 18.1 Å². The van der Waals surface area contributed by atoms with Crippen molar-refractivity contribution in [2.45, 2.75) is 12.5 Å². The molecule has 3 amide bonds. The van der Waals surface area contributed by atoms with Gasteiger partial charge in [-0.25, -0.2) is 10.3 Å². The van der Waals surface area contributed by atoms with Crippen LogP contribution in [0.2, 0.25) is 0 Å². The fourth-order valence-corrected chi connectivity index (χ4v) is 3.86. The van der Waals surface area contributed by atoms with Crippen molar-refractivity contribution in [1.29, 1.82) is 0 Å². The number of nitrogens with zero attached hydrogens (tertiary/aromatic N) is 1. The van der Waals surface area contributed by atoms with Gasteiger partial charge in [-0.15, -0.1) is 0 Å².